The van der Waals surface area contributed by atoms with Gasteiger partial charge in [0.1, 0.15) is 12.2 Å². The molecule has 0 spiro atoms. The van der Waals surface area contributed by atoms with Gasteiger partial charge in [0.2, 0.25) is 0 Å². The maximum absolute atomic E-state index is 12.2. The van der Waals surface area contributed by atoms with E-state index in [-0.39, 0.29) is 12.1 Å². The molecule has 0 bridgehead atoms. The lowest BCUT2D eigenvalue weighted by molar-refractivity contribution is 0.371. The van der Waals surface area contributed by atoms with Crippen molar-refractivity contribution in [2.45, 2.75) is 6.54 Å². The highest BCUT2D eigenvalue weighted by atomic mass is 16.5. The fraction of sp³-hybridized carbons (Fsp3) is 0.0556. The molecule has 4 aromatic rings. The Morgan fingerprint density at radius 2 is 1.74 bits per heavy atom. The van der Waals surface area contributed by atoms with Gasteiger partial charge >= 0.3 is 0 Å². The van der Waals surface area contributed by atoms with E-state index in [1.807, 2.05) is 60.7 Å². The molecule has 0 radical (unpaired) electrons. The second-order valence-corrected chi connectivity index (χ2v) is 5.24. The largest absolute Gasteiger partial charge is 0.359 e. The minimum Gasteiger partial charge on any atom is -0.359 e. The molecule has 0 aliphatic carbocycles. The third-order valence-electron chi connectivity index (χ3n) is 3.63. The maximum Gasteiger partial charge on any atom is 0.267 e. The first kappa shape index (κ1) is 13.5. The highest BCUT2D eigenvalue weighted by Gasteiger charge is 2.09. The number of hydrogen-bond acceptors (Lipinski definition) is 4. The van der Waals surface area contributed by atoms with Gasteiger partial charge in [-0.2, -0.15) is 5.10 Å². The Kier molecular flexibility index (Phi) is 3.24. The van der Waals surface area contributed by atoms with E-state index in [1.54, 1.807) is 6.07 Å². The highest BCUT2D eigenvalue weighted by Crippen LogP contribution is 2.18. The zero-order chi connectivity index (χ0) is 15.6. The standard InChI is InChI=1S/C18H13N3O2/c22-18-10-14-8-4-5-9-16(14)19-21(18)12-15-11-17(20-23-15)13-6-2-1-3-7-13/h1-11H,12H2. The van der Waals surface area contributed by atoms with Crippen molar-refractivity contribution in [3.05, 3.63) is 82.8 Å². The molecular weight excluding hydrogens is 290 g/mol. The van der Waals surface area contributed by atoms with E-state index in [2.05, 4.69) is 10.3 Å². The highest BCUT2D eigenvalue weighted by molar-refractivity contribution is 5.77. The molecule has 0 unspecified atom stereocenters. The lowest BCUT2D eigenvalue weighted by Gasteiger charge is -2.03. The molecule has 0 atom stereocenters. The first-order valence-electron chi connectivity index (χ1n) is 7.27. The number of fused-ring (bicyclic) bond motifs is 1. The van der Waals surface area contributed by atoms with Crippen LogP contribution in [-0.2, 0) is 6.54 Å². The normalized spacial score (nSPS) is 11.0. The fourth-order valence-electron chi connectivity index (χ4n) is 2.48. The summed E-state index contributed by atoms with van der Waals surface area (Å²) < 4.78 is 6.73. The van der Waals surface area contributed by atoms with E-state index < -0.39 is 0 Å². The molecule has 2 aromatic carbocycles. The lowest BCUT2D eigenvalue weighted by atomic mass is 10.1. The number of benzene rings is 2. The van der Waals surface area contributed by atoms with E-state index in [0.717, 1.165) is 22.2 Å². The van der Waals surface area contributed by atoms with Gasteiger partial charge in [-0.05, 0) is 6.07 Å². The Morgan fingerprint density at radius 1 is 0.957 bits per heavy atom. The van der Waals surface area contributed by atoms with Gasteiger partial charge in [-0.3, -0.25) is 4.79 Å². The average molecular weight is 303 g/mol. The van der Waals surface area contributed by atoms with Crippen molar-refractivity contribution in [2.75, 3.05) is 0 Å². The summed E-state index contributed by atoms with van der Waals surface area (Å²) in [6.45, 7) is 0.253. The summed E-state index contributed by atoms with van der Waals surface area (Å²) in [5, 5.41) is 9.25. The van der Waals surface area contributed by atoms with E-state index in [9.17, 15) is 4.79 Å². The topological polar surface area (TPSA) is 60.9 Å². The molecule has 0 aliphatic heterocycles. The number of aromatic nitrogens is 3. The van der Waals surface area contributed by atoms with E-state index in [4.69, 9.17) is 4.52 Å². The molecule has 2 aromatic heterocycles. The third kappa shape index (κ3) is 2.64. The van der Waals surface area contributed by atoms with Crippen LogP contribution < -0.4 is 5.56 Å². The van der Waals surface area contributed by atoms with Crippen molar-refractivity contribution < 1.29 is 4.52 Å². The Labute approximate surface area is 131 Å². The van der Waals surface area contributed by atoms with Gasteiger partial charge < -0.3 is 4.52 Å². The van der Waals surface area contributed by atoms with Crippen LogP contribution in [0.15, 0.2) is 76.0 Å². The Bertz CT molecular complexity index is 1020. The second-order valence-electron chi connectivity index (χ2n) is 5.24. The van der Waals surface area contributed by atoms with Crippen molar-refractivity contribution >= 4 is 10.9 Å². The smallest absolute Gasteiger partial charge is 0.267 e. The summed E-state index contributed by atoms with van der Waals surface area (Å²) in [5.41, 5.74) is 2.33. The minimum atomic E-state index is -0.165. The summed E-state index contributed by atoms with van der Waals surface area (Å²) >= 11 is 0. The maximum atomic E-state index is 12.2. The molecule has 0 saturated heterocycles. The monoisotopic (exact) mass is 303 g/mol. The molecule has 4 rings (SSSR count). The van der Waals surface area contributed by atoms with Crippen LogP contribution in [0.3, 0.4) is 0 Å². The van der Waals surface area contributed by atoms with Crippen LogP contribution in [0.4, 0.5) is 0 Å². The zero-order valence-corrected chi connectivity index (χ0v) is 12.2. The van der Waals surface area contributed by atoms with E-state index in [0.29, 0.717) is 5.76 Å². The molecule has 0 aliphatic rings. The van der Waals surface area contributed by atoms with Crippen LogP contribution in [-0.4, -0.2) is 14.9 Å². The number of rotatable bonds is 3. The first-order valence-corrected chi connectivity index (χ1v) is 7.27. The third-order valence-corrected chi connectivity index (χ3v) is 3.63. The van der Waals surface area contributed by atoms with Gasteiger partial charge in [-0.25, -0.2) is 4.68 Å². The molecule has 0 amide bonds. The predicted molar refractivity (Wildman–Crippen MR) is 87.0 cm³/mol. The fourth-order valence-corrected chi connectivity index (χ4v) is 2.48. The quantitative estimate of drug-likeness (QED) is 0.583. The summed E-state index contributed by atoms with van der Waals surface area (Å²) in [4.78, 5) is 12.2. The molecule has 5 heteroatoms. The van der Waals surface area contributed by atoms with Crippen LogP contribution in [0, 0.1) is 0 Å². The van der Waals surface area contributed by atoms with Gasteiger partial charge in [-0.15, -0.1) is 0 Å². The van der Waals surface area contributed by atoms with Gasteiger partial charge in [-0.1, -0.05) is 53.7 Å². The first-order chi connectivity index (χ1) is 11.3. The summed E-state index contributed by atoms with van der Waals surface area (Å²) in [7, 11) is 0. The molecule has 0 fully saturated rings. The summed E-state index contributed by atoms with van der Waals surface area (Å²) in [6.07, 6.45) is 0. The van der Waals surface area contributed by atoms with Gasteiger partial charge in [0.25, 0.3) is 5.56 Å². The number of nitrogens with zero attached hydrogens (tertiary/aromatic N) is 3. The SMILES string of the molecule is O=c1cc2ccccc2nn1Cc1cc(-c2ccccc2)no1. The predicted octanol–water partition coefficient (Wildman–Crippen LogP) is 3.10. The Morgan fingerprint density at radius 3 is 2.61 bits per heavy atom. The number of hydrogen-bond donors (Lipinski definition) is 0. The van der Waals surface area contributed by atoms with Crippen LogP contribution >= 0.6 is 0 Å². The van der Waals surface area contributed by atoms with Crippen LogP contribution in [0.1, 0.15) is 5.76 Å². The molecule has 2 heterocycles. The van der Waals surface area contributed by atoms with Crippen LogP contribution in [0.25, 0.3) is 22.2 Å². The van der Waals surface area contributed by atoms with Gasteiger partial charge in [0, 0.05) is 23.1 Å². The molecule has 0 saturated carbocycles. The van der Waals surface area contributed by atoms with Crippen molar-refractivity contribution in [3.63, 3.8) is 0 Å². The van der Waals surface area contributed by atoms with E-state index in [1.165, 1.54) is 4.68 Å². The summed E-state index contributed by atoms with van der Waals surface area (Å²) in [5.74, 6) is 0.591. The van der Waals surface area contributed by atoms with E-state index >= 15 is 0 Å². The zero-order valence-electron chi connectivity index (χ0n) is 12.2. The molecular formula is C18H13N3O2. The van der Waals surface area contributed by atoms with Crippen LogP contribution in [0.5, 0.6) is 0 Å². The van der Waals surface area contributed by atoms with Gasteiger partial charge in [0.05, 0.1) is 5.52 Å². The molecule has 0 N–H and O–H groups in total. The molecule has 23 heavy (non-hydrogen) atoms. The molecule has 112 valence electrons. The van der Waals surface area contributed by atoms with Crippen molar-refractivity contribution in [2.24, 2.45) is 0 Å². The summed E-state index contributed by atoms with van der Waals surface area (Å²) in [6, 6.07) is 20.7. The molecule has 5 nitrogen and oxygen atoms in total. The van der Waals surface area contributed by atoms with Crippen molar-refractivity contribution in [1.82, 2.24) is 14.9 Å². The van der Waals surface area contributed by atoms with Crippen molar-refractivity contribution in [3.8, 4) is 11.3 Å². The van der Waals surface area contributed by atoms with Crippen LogP contribution in [0.2, 0.25) is 0 Å². The second kappa shape index (κ2) is 5.53. The lowest BCUT2D eigenvalue weighted by Crippen LogP contribution is -2.22. The van der Waals surface area contributed by atoms with Gasteiger partial charge in [0.15, 0.2) is 5.76 Å². The average Bonchev–Trinajstić information content (AvgIpc) is 3.05. The minimum absolute atomic E-state index is 0.165. The van der Waals surface area contributed by atoms with Crippen molar-refractivity contribution in [1.29, 1.82) is 0 Å². The Balaban J connectivity index is 1.67. The Hall–Kier alpha value is -3.21.